The predicted octanol–water partition coefficient (Wildman–Crippen LogP) is 5.66. The maximum absolute atomic E-state index is 13.6. The molecule has 2 fully saturated rings. The fourth-order valence-corrected chi connectivity index (χ4v) is 9.08. The molecule has 1 spiro atoms. The van der Waals surface area contributed by atoms with E-state index in [1.807, 2.05) is 18.2 Å². The molecule has 12 heteroatoms. The van der Waals surface area contributed by atoms with E-state index in [0.717, 1.165) is 51.4 Å². The van der Waals surface area contributed by atoms with Crippen LogP contribution in [0.4, 0.5) is 10.5 Å². The summed E-state index contributed by atoms with van der Waals surface area (Å²) in [4.78, 5) is 28.4. The monoisotopic (exact) mass is 697 g/mol. The lowest BCUT2D eigenvalue weighted by Gasteiger charge is -2.46. The third kappa shape index (κ3) is 6.53. The molecule has 0 saturated heterocycles. The highest BCUT2D eigenvalue weighted by Crippen LogP contribution is 2.47. The number of ether oxygens (including phenoxy) is 3. The third-order valence-electron chi connectivity index (χ3n) is 11.0. The van der Waals surface area contributed by atoms with Crippen LogP contribution in [0, 0.1) is 11.8 Å². The first kappa shape index (κ1) is 33.2. The first-order valence-electron chi connectivity index (χ1n) is 17.1. The number of carbonyl (C=O) groups is 2. The van der Waals surface area contributed by atoms with E-state index in [1.165, 1.54) is 31.0 Å². The van der Waals surface area contributed by atoms with Crippen LogP contribution in [0.3, 0.4) is 0 Å². The van der Waals surface area contributed by atoms with Crippen LogP contribution in [0.15, 0.2) is 53.4 Å². The topological polar surface area (TPSA) is 123 Å². The Hall–Kier alpha value is -3.28. The minimum Gasteiger partial charge on any atom is -0.490 e. The molecule has 2 aromatic rings. The Morgan fingerprint density at radius 3 is 2.69 bits per heavy atom. The van der Waals surface area contributed by atoms with Gasteiger partial charge in [-0.15, -0.1) is 0 Å². The zero-order valence-electron chi connectivity index (χ0n) is 27.5. The van der Waals surface area contributed by atoms with Gasteiger partial charge in [0.1, 0.15) is 17.5 Å². The van der Waals surface area contributed by atoms with Gasteiger partial charge in [-0.25, -0.2) is 17.9 Å². The Morgan fingerprint density at radius 1 is 1.10 bits per heavy atom. The molecule has 0 unspecified atom stereocenters. The van der Waals surface area contributed by atoms with Crippen LogP contribution >= 0.6 is 11.6 Å². The number of sulfonamides is 1. The summed E-state index contributed by atoms with van der Waals surface area (Å²) in [6, 6.07) is 11.0. The molecule has 2 aromatic carbocycles. The van der Waals surface area contributed by atoms with Crippen LogP contribution in [-0.2, 0) is 36.1 Å². The fourth-order valence-electron chi connectivity index (χ4n) is 7.76. The quantitative estimate of drug-likeness (QED) is 0.386. The SMILES string of the molecule is CC1(C)OC/C=C\[C@H](OC(=O)NC2CCC2)[C@@H]2CC[C@H]2CN2C[C@@]3(CCCc4cc(Cl)ccc43)COc3ccc(cc32)S(=O)(=O)NC1=O. The van der Waals surface area contributed by atoms with Gasteiger partial charge in [-0.05, 0) is 119 Å². The summed E-state index contributed by atoms with van der Waals surface area (Å²) < 4.78 is 47.9. The van der Waals surface area contributed by atoms with Crippen LogP contribution in [0.25, 0.3) is 0 Å². The molecular formula is C36H44ClN3O7S. The summed E-state index contributed by atoms with van der Waals surface area (Å²) in [5.41, 5.74) is 1.29. The summed E-state index contributed by atoms with van der Waals surface area (Å²) in [5, 5.41) is 3.70. The maximum Gasteiger partial charge on any atom is 0.407 e. The fraction of sp³-hybridized carbons (Fsp3) is 0.556. The molecule has 48 heavy (non-hydrogen) atoms. The van der Waals surface area contributed by atoms with Crippen molar-refractivity contribution in [3.05, 3.63) is 64.7 Å². The number of hydrogen-bond donors (Lipinski definition) is 2. The Bertz CT molecular complexity index is 1730. The summed E-state index contributed by atoms with van der Waals surface area (Å²) in [6.45, 7) is 4.75. The number of fused-ring (bicyclic) bond motifs is 4. The molecule has 3 aliphatic carbocycles. The largest absolute Gasteiger partial charge is 0.490 e. The van der Waals surface area contributed by atoms with E-state index >= 15 is 0 Å². The van der Waals surface area contributed by atoms with Gasteiger partial charge in [-0.1, -0.05) is 23.7 Å². The van der Waals surface area contributed by atoms with Crippen molar-refractivity contribution in [2.45, 2.75) is 93.3 Å². The van der Waals surface area contributed by atoms with Crippen molar-refractivity contribution in [3.63, 3.8) is 0 Å². The third-order valence-corrected chi connectivity index (χ3v) is 12.5. The molecule has 2 N–H and O–H groups in total. The molecule has 7 rings (SSSR count). The molecule has 5 aliphatic rings. The molecule has 0 radical (unpaired) electrons. The number of rotatable bonds is 2. The van der Waals surface area contributed by atoms with Gasteiger partial charge in [0, 0.05) is 35.5 Å². The Balaban J connectivity index is 1.27. The molecule has 2 aliphatic heterocycles. The van der Waals surface area contributed by atoms with Crippen molar-refractivity contribution in [2.75, 3.05) is 31.2 Å². The zero-order valence-corrected chi connectivity index (χ0v) is 29.1. The predicted molar refractivity (Wildman–Crippen MR) is 182 cm³/mol. The highest BCUT2D eigenvalue weighted by Gasteiger charge is 2.45. The van der Waals surface area contributed by atoms with Gasteiger partial charge in [0.2, 0.25) is 0 Å². The van der Waals surface area contributed by atoms with Crippen LogP contribution in [-0.4, -0.2) is 64.5 Å². The van der Waals surface area contributed by atoms with Crippen molar-refractivity contribution in [1.82, 2.24) is 10.0 Å². The number of alkyl carbamates (subject to hydrolysis) is 1. The van der Waals surface area contributed by atoms with Gasteiger partial charge in [0.25, 0.3) is 15.9 Å². The van der Waals surface area contributed by atoms with Gasteiger partial charge < -0.3 is 24.4 Å². The lowest BCUT2D eigenvalue weighted by Crippen LogP contribution is -2.50. The second kappa shape index (κ2) is 12.9. The van der Waals surface area contributed by atoms with Crippen LogP contribution in [0.1, 0.15) is 69.9 Å². The number of carbonyl (C=O) groups excluding carboxylic acids is 2. The van der Waals surface area contributed by atoms with E-state index in [9.17, 15) is 18.0 Å². The van der Waals surface area contributed by atoms with Gasteiger partial charge >= 0.3 is 6.09 Å². The van der Waals surface area contributed by atoms with Crippen LogP contribution < -0.4 is 19.7 Å². The van der Waals surface area contributed by atoms with Crippen molar-refractivity contribution < 1.29 is 32.2 Å². The zero-order chi connectivity index (χ0) is 33.7. The van der Waals surface area contributed by atoms with Crippen molar-refractivity contribution in [3.8, 4) is 5.75 Å². The number of anilines is 1. The lowest BCUT2D eigenvalue weighted by atomic mass is 9.68. The highest BCUT2D eigenvalue weighted by atomic mass is 35.5. The standard InChI is InChI=1S/C36H44ClN3O7S/c1-35(2)33(41)39-48(43,44)27-12-15-32-30(19-27)40(21-36(22-45-32)16-4-6-23-18-25(37)11-14-29(23)36)20-24-10-13-28(24)31(9-5-17-46-35)47-34(42)38-26-7-3-8-26/h5,9,11-12,14-15,18-19,24,26,28,31H,3-4,6-8,10,13,16-17,20-22H2,1-2H3,(H,38,42)(H,39,41)/b9-5-/t24-,28+,31-,36-/m0/s1. The molecule has 2 bridgehead atoms. The molecule has 10 nitrogen and oxygen atoms in total. The lowest BCUT2D eigenvalue weighted by molar-refractivity contribution is -0.139. The number of aryl methyl sites for hydroxylation is 1. The summed E-state index contributed by atoms with van der Waals surface area (Å²) in [7, 11) is -4.23. The van der Waals surface area contributed by atoms with Crippen molar-refractivity contribution in [1.29, 1.82) is 0 Å². The van der Waals surface area contributed by atoms with Crippen molar-refractivity contribution >= 4 is 39.3 Å². The van der Waals surface area contributed by atoms with E-state index < -0.39 is 33.7 Å². The first-order valence-corrected chi connectivity index (χ1v) is 18.9. The van der Waals surface area contributed by atoms with E-state index in [-0.39, 0.29) is 34.8 Å². The molecule has 2 amide bonds. The number of nitrogens with one attached hydrogen (secondary N) is 2. The van der Waals surface area contributed by atoms with Gasteiger partial charge in [-0.2, -0.15) is 0 Å². The Morgan fingerprint density at radius 2 is 1.94 bits per heavy atom. The van der Waals surface area contributed by atoms with E-state index in [4.69, 9.17) is 25.8 Å². The van der Waals surface area contributed by atoms with Crippen LogP contribution in [0.5, 0.6) is 5.75 Å². The average Bonchev–Trinajstić information content (AvgIpc) is 3.15. The van der Waals surface area contributed by atoms with Gasteiger partial charge in [0.05, 0.1) is 23.8 Å². The van der Waals surface area contributed by atoms with Gasteiger partial charge in [0.15, 0.2) is 0 Å². The average molecular weight is 698 g/mol. The minimum absolute atomic E-state index is 0.0307. The smallest absolute Gasteiger partial charge is 0.407 e. The second-order valence-corrected chi connectivity index (χ2v) is 16.7. The first-order chi connectivity index (χ1) is 22.9. The Labute approximate surface area is 287 Å². The molecular weight excluding hydrogens is 654 g/mol. The highest BCUT2D eigenvalue weighted by molar-refractivity contribution is 7.90. The number of halogens is 1. The molecule has 2 heterocycles. The number of nitrogens with zero attached hydrogens (tertiary/aromatic N) is 1. The Kier molecular flexibility index (Phi) is 8.91. The number of hydrogen-bond acceptors (Lipinski definition) is 8. The molecule has 258 valence electrons. The maximum atomic E-state index is 13.6. The minimum atomic E-state index is -4.23. The van der Waals surface area contributed by atoms with Crippen LogP contribution in [0.2, 0.25) is 5.02 Å². The van der Waals surface area contributed by atoms with E-state index in [0.29, 0.717) is 36.2 Å². The molecule has 0 aromatic heterocycles. The number of amides is 2. The van der Waals surface area contributed by atoms with Gasteiger partial charge in [-0.3, -0.25) is 4.79 Å². The van der Waals surface area contributed by atoms with E-state index in [2.05, 4.69) is 21.0 Å². The van der Waals surface area contributed by atoms with Crippen molar-refractivity contribution in [2.24, 2.45) is 11.8 Å². The summed E-state index contributed by atoms with van der Waals surface area (Å²) in [6.07, 6.45) is 10.4. The normalized spacial score (nSPS) is 30.2. The second-order valence-electron chi connectivity index (χ2n) is 14.6. The molecule has 4 atom stereocenters. The van der Waals surface area contributed by atoms with E-state index in [1.54, 1.807) is 18.2 Å². The summed E-state index contributed by atoms with van der Waals surface area (Å²) >= 11 is 6.43. The number of benzene rings is 2. The summed E-state index contributed by atoms with van der Waals surface area (Å²) in [5.74, 6) is 0.0175. The molecule has 2 saturated carbocycles.